The Hall–Kier alpha value is -14.5. The molecule has 2 aromatic heterocycles. The maximum Gasteiger partial charge on any atom is 0.433 e. The lowest BCUT2D eigenvalue weighted by Crippen LogP contribution is -2.48. The van der Waals surface area contributed by atoms with E-state index in [2.05, 4.69) is 59.4 Å². The van der Waals surface area contributed by atoms with Gasteiger partial charge in [0.15, 0.2) is 22.9 Å². The number of hydrogen-bond donors (Lipinski definition) is 10. The van der Waals surface area contributed by atoms with E-state index in [9.17, 15) is 63.9 Å². The molecule has 140 heavy (non-hydrogen) atoms. The van der Waals surface area contributed by atoms with E-state index in [1.54, 1.807) is 117 Å². The highest BCUT2D eigenvalue weighted by Crippen LogP contribution is 2.43. The highest BCUT2D eigenvalue weighted by molar-refractivity contribution is 8.93. The molecule has 11 aromatic carbocycles. The van der Waals surface area contributed by atoms with Crippen molar-refractivity contribution in [2.24, 2.45) is 25.6 Å². The third kappa shape index (κ3) is 26.5. The molecule has 0 bridgehead atoms. The van der Waals surface area contributed by atoms with Crippen molar-refractivity contribution in [2.75, 3.05) is 48.8 Å². The number of halogens is 7. The molecule has 6 aliphatic rings. The van der Waals surface area contributed by atoms with Gasteiger partial charge in [-0.3, -0.25) is 24.6 Å². The molecule has 6 heterocycles. The summed E-state index contributed by atoms with van der Waals surface area (Å²) in [6.07, 6.45) is 7.36. The maximum absolute atomic E-state index is 13.0. The zero-order chi connectivity index (χ0) is 97.5. The van der Waals surface area contributed by atoms with Crippen LogP contribution in [-0.4, -0.2) is 133 Å². The van der Waals surface area contributed by atoms with Crippen molar-refractivity contribution in [3.8, 4) is 79.3 Å². The van der Waals surface area contributed by atoms with Crippen molar-refractivity contribution in [1.29, 1.82) is 0 Å². The van der Waals surface area contributed by atoms with Gasteiger partial charge in [-0.2, -0.15) is 10.1 Å². The number of aryl methyl sites for hydroxylation is 6. The number of hydrazine groups is 1. The first kappa shape index (κ1) is 106. The quantitative estimate of drug-likeness (QED) is 0.0141. The van der Waals surface area contributed by atoms with Gasteiger partial charge in [-0.05, 0) is 236 Å². The molecule has 39 heteroatoms. The van der Waals surface area contributed by atoms with Crippen LogP contribution in [0.25, 0.3) is 44.8 Å². The van der Waals surface area contributed by atoms with Crippen LogP contribution in [0, 0.1) is 13.8 Å². The normalized spacial score (nSPS) is 13.1. The number of aromatic hydroxyl groups is 3. The van der Waals surface area contributed by atoms with E-state index in [0.717, 1.165) is 115 Å². The minimum atomic E-state index is -1.83. The monoisotopic (exact) mass is 2080 g/mol. The van der Waals surface area contributed by atoms with E-state index in [4.69, 9.17) is 104 Å². The molecule has 4 aliphatic heterocycles. The number of fused-ring (bicyclic) bond motifs is 5. The Bertz CT molecular complexity index is 6780. The molecule has 32 nitrogen and oxygen atoms in total. The number of ether oxygens (including phenoxy) is 5. The molecule has 3 amide bonds. The fraction of sp³-hybridized carbons (Fsp3) is 0.218. The number of hydrazone groups is 1. The second-order valence-corrected chi connectivity index (χ2v) is 36.8. The standard InChI is InChI=1S/2C26H22N4O4.C14H12Cl6N2O5.C13H11NO3.C12H12N2O2.C8H8O.2CH4.BrH/c2*1-15-23(25(32)30(29-15)20-12-11-16-5-2-6-17(16)14-20)28-27-22-10-4-9-21(24(22)31)18-7-3-8-19(13-18)26(33)34;15-13(16,17)6-26-11(23)21-22(12(24)27-7-14(18,19)20)9-1-2-10-8(5-9)3-4-25-10;14-11-6-2-5-10(12(11)15)8-3-1-4-9(7-8)13(16)17;1-8-6-12(15)14(13-8)10-2-3-11-9(7-10)4-5-16-11;1-2-4-8-7(3-1)5-6-9-8;;;/h2*3-4,7-14,29,31H,2,5-6H2,1H3,(H,33,34);1-2,5H,3-4,6-7H2,(H,21,23);1-7,15H,14H2,(H,16,17);2-3,7H,4-6H2,1H3;1-4H,5-6H2;2*1H4;1H. The number of rotatable bonds is 16. The summed E-state index contributed by atoms with van der Waals surface area (Å²) >= 11 is 33.3. The number of alkyl halides is 6. The van der Waals surface area contributed by atoms with Crippen LogP contribution < -0.4 is 46.5 Å². The second-order valence-electron chi connectivity index (χ2n) is 31.7. The van der Waals surface area contributed by atoms with Crippen LogP contribution in [0.2, 0.25) is 0 Å². The number of benzene rings is 11. The first-order chi connectivity index (χ1) is 65.6. The number of nitrogens with two attached hydrogens (primary N) is 1. The van der Waals surface area contributed by atoms with Crippen LogP contribution >= 0.6 is 86.6 Å². The summed E-state index contributed by atoms with van der Waals surface area (Å²) in [6, 6.07) is 64.5. The summed E-state index contributed by atoms with van der Waals surface area (Å²) in [4.78, 5) is 95.5. The van der Waals surface area contributed by atoms with Gasteiger partial charge in [0.05, 0.1) is 82.8 Å². The Labute approximate surface area is 843 Å². The minimum absolute atomic E-state index is 0. The number of aromatic carboxylic acids is 3. The van der Waals surface area contributed by atoms with Crippen molar-refractivity contribution in [3.05, 3.63) is 312 Å². The van der Waals surface area contributed by atoms with Crippen LogP contribution in [0.3, 0.4) is 0 Å². The van der Waals surface area contributed by atoms with Gasteiger partial charge in [-0.25, -0.2) is 43.8 Å². The van der Waals surface area contributed by atoms with Crippen molar-refractivity contribution in [2.45, 2.75) is 107 Å². The number of nitrogen functional groups attached to an aromatic ring is 1. The first-order valence-corrected chi connectivity index (χ1v) is 44.9. The van der Waals surface area contributed by atoms with E-state index in [1.807, 2.05) is 67.6 Å². The molecular formula is C101H96BrCl6N13O19. The Kier molecular flexibility index (Phi) is 35.8. The van der Waals surface area contributed by atoms with Crippen molar-refractivity contribution < 1.29 is 83.1 Å². The summed E-state index contributed by atoms with van der Waals surface area (Å²) in [5.74, 6) is -0.747. The molecule has 0 saturated heterocycles. The number of phenolic OH excluding ortho intramolecular Hbond substituents is 3. The number of nitrogens with one attached hydrogen (secondary N) is 3. The molecule has 0 unspecified atom stereocenters. The fourth-order valence-corrected chi connectivity index (χ4v) is 15.7. The Morgan fingerprint density at radius 1 is 0.457 bits per heavy atom. The van der Waals surface area contributed by atoms with Gasteiger partial charge in [0.2, 0.25) is 7.59 Å². The van der Waals surface area contributed by atoms with E-state index in [0.29, 0.717) is 70.0 Å². The van der Waals surface area contributed by atoms with Crippen molar-refractivity contribution in [1.82, 2.24) is 25.0 Å². The van der Waals surface area contributed by atoms with Gasteiger partial charge < -0.3 is 60.1 Å². The van der Waals surface area contributed by atoms with E-state index in [-0.39, 0.29) is 117 Å². The predicted molar refractivity (Wildman–Crippen MR) is 545 cm³/mol. The lowest BCUT2D eigenvalue weighted by molar-refractivity contribution is -0.116. The zero-order valence-corrected chi connectivity index (χ0v) is 80.0. The second kappa shape index (κ2) is 47.3. The lowest BCUT2D eigenvalue weighted by Gasteiger charge is -2.24. The number of aromatic amines is 2. The topological polar surface area (TPSA) is 452 Å². The van der Waals surface area contributed by atoms with E-state index in [1.165, 1.54) is 84.7 Å². The number of phenols is 3. The van der Waals surface area contributed by atoms with Crippen molar-refractivity contribution in [3.63, 3.8) is 0 Å². The minimum Gasteiger partial charge on any atom is -0.505 e. The fourth-order valence-electron chi connectivity index (χ4n) is 15.4. The van der Waals surface area contributed by atoms with Crippen LogP contribution in [0.4, 0.5) is 49.4 Å². The molecule has 728 valence electrons. The molecule has 0 saturated carbocycles. The number of anilines is 3. The summed E-state index contributed by atoms with van der Waals surface area (Å²) in [5.41, 5.74) is 24.5. The lowest BCUT2D eigenvalue weighted by atomic mass is 10.0. The summed E-state index contributed by atoms with van der Waals surface area (Å²) < 4.78 is 25.0. The molecule has 13 aromatic rings. The van der Waals surface area contributed by atoms with Gasteiger partial charge in [-0.1, -0.05) is 188 Å². The number of carboxylic acids is 3. The number of para-hydroxylation sites is 4. The number of aromatic nitrogens is 4. The third-order valence-electron chi connectivity index (χ3n) is 22.1. The average Bonchev–Trinajstić information content (AvgIpc) is 1.67. The molecular weight excluding hydrogens is 1990 g/mol. The molecule has 11 N–H and O–H groups in total. The number of H-pyrrole nitrogens is 2. The maximum atomic E-state index is 13.0. The molecule has 0 atom stereocenters. The SMILES string of the molecule is Br.C.C.CC1=NN(c2ccc3c(c2)CCO3)C(=O)C1.Cc1[nH]n(-c2ccc3c(c2)CCC3)c(=O)c1N=Nc1cccc(-c2cccc(C(=O)O)c2)c1O.Cc1[nH]n(-c2ccc3c(c2)CCC3)c(=O)c1N=Nc1cccc(-c2cccc(C(=O)O)c2)c1O.Nc1cccc(-c2cccc(C(=O)O)c2)c1O.O=C(NN(C(=O)OCC(Cl)(Cl)Cl)c1ccc2c(c1)CCO2)OCC(Cl)(Cl)Cl.c1ccc2c(c1)CCO2. The third-order valence-corrected chi connectivity index (χ3v) is 22.8. The zero-order valence-electron chi connectivity index (χ0n) is 73.7. The van der Waals surface area contributed by atoms with Gasteiger partial charge >= 0.3 is 30.1 Å². The highest BCUT2D eigenvalue weighted by atomic mass is 79.9. The number of azo groups is 2. The molecule has 19 rings (SSSR count). The van der Waals surface area contributed by atoms with Crippen molar-refractivity contribution >= 4 is 168 Å². The number of hydrogen-bond acceptors (Lipinski definition) is 22. The van der Waals surface area contributed by atoms with Crippen LogP contribution in [-0.2, 0) is 59.2 Å². The molecule has 2 aliphatic carbocycles. The predicted octanol–water partition coefficient (Wildman–Crippen LogP) is 23.4. The van der Waals surface area contributed by atoms with E-state index >= 15 is 0 Å². The van der Waals surface area contributed by atoms with E-state index < -0.39 is 50.9 Å². The summed E-state index contributed by atoms with van der Waals surface area (Å²) in [7, 11) is 0. The Morgan fingerprint density at radius 3 is 1.32 bits per heavy atom. The smallest absolute Gasteiger partial charge is 0.433 e. The Morgan fingerprint density at radius 2 is 0.864 bits per heavy atom. The summed E-state index contributed by atoms with van der Waals surface area (Å²) in [6.45, 7) is 6.36. The molecule has 0 fully saturated rings. The average molecular weight is 2090 g/mol. The van der Waals surface area contributed by atoms with Crippen LogP contribution in [0.1, 0.15) is 122 Å². The highest BCUT2D eigenvalue weighted by Gasteiger charge is 2.32. The van der Waals surface area contributed by atoms with Gasteiger partial charge in [0.25, 0.3) is 17.0 Å². The summed E-state index contributed by atoms with van der Waals surface area (Å²) in [5, 5.41) is 87.9. The van der Waals surface area contributed by atoms with Gasteiger partial charge in [0.1, 0.15) is 47.6 Å². The van der Waals surface area contributed by atoms with Gasteiger partial charge in [0, 0.05) is 41.7 Å². The van der Waals surface area contributed by atoms with Gasteiger partial charge in [-0.15, -0.1) is 37.4 Å². The number of carbonyl (C=O) groups is 6. The number of carboxylic acid groups (broad SMARTS) is 3. The number of nitrogens with zero attached hydrogens (tertiary/aromatic N) is 9. The number of carbonyl (C=O) groups excluding carboxylic acids is 3. The van der Waals surface area contributed by atoms with Crippen LogP contribution in [0.5, 0.6) is 34.5 Å². The van der Waals surface area contributed by atoms with Crippen LogP contribution in [0.15, 0.2) is 260 Å². The molecule has 0 spiro atoms. The Balaban J connectivity index is 0.000000167. The first-order valence-electron chi connectivity index (χ1n) is 42.7. The largest absolute Gasteiger partial charge is 0.505 e. The molecule has 0 radical (unpaired) electrons. The number of amides is 3.